The predicted octanol–water partition coefficient (Wildman–Crippen LogP) is 8.67. The fraction of sp³-hybridized carbons (Fsp3) is 0.422. The number of methoxy groups -OCH3 is 2. The van der Waals surface area contributed by atoms with E-state index in [-0.39, 0.29) is 49.1 Å². The van der Waals surface area contributed by atoms with Crippen molar-refractivity contribution in [3.8, 4) is 45.3 Å². The highest BCUT2D eigenvalue weighted by molar-refractivity contribution is 5.85. The first-order valence-electron chi connectivity index (χ1n) is 20.1. The summed E-state index contributed by atoms with van der Waals surface area (Å²) in [5.74, 6) is 11.9. The Bertz CT molecular complexity index is 2000. The van der Waals surface area contributed by atoms with Gasteiger partial charge in [-0.3, -0.25) is 9.91 Å². The second-order valence-corrected chi connectivity index (χ2v) is 15.6. The second kappa shape index (κ2) is 20.9. The summed E-state index contributed by atoms with van der Waals surface area (Å²) in [5, 5.41) is 1.77. The van der Waals surface area contributed by atoms with Crippen molar-refractivity contribution in [2.24, 2.45) is 11.8 Å². The third kappa shape index (κ3) is 11.4. The second-order valence-electron chi connectivity index (χ2n) is 15.6. The maximum Gasteiger partial charge on any atom is 0.240 e. The van der Waals surface area contributed by atoms with Gasteiger partial charge in [0.2, 0.25) is 11.9 Å². The topological polar surface area (TPSA) is 124 Å². The van der Waals surface area contributed by atoms with Gasteiger partial charge in [-0.05, 0) is 125 Å². The highest BCUT2D eigenvalue weighted by Gasteiger charge is 2.39. The van der Waals surface area contributed by atoms with E-state index in [1.54, 1.807) is 19.2 Å². The summed E-state index contributed by atoms with van der Waals surface area (Å²) in [4.78, 5) is 24.3. The van der Waals surface area contributed by atoms with Crippen LogP contribution >= 0.6 is 24.8 Å². The molecular weight excluding hydrogens is 787 g/mol. The molecule has 4 heterocycles. The highest BCUT2D eigenvalue weighted by atomic mass is 35.5. The third-order valence-corrected chi connectivity index (χ3v) is 10.9. The minimum atomic E-state index is 0. The van der Waals surface area contributed by atoms with Gasteiger partial charge < -0.3 is 23.8 Å². The van der Waals surface area contributed by atoms with Crippen LogP contribution in [0, 0.1) is 5.92 Å². The lowest BCUT2D eigenvalue weighted by Crippen LogP contribution is -2.56. The van der Waals surface area contributed by atoms with Crippen LogP contribution in [0.1, 0.15) is 58.9 Å². The smallest absolute Gasteiger partial charge is 0.240 e. The van der Waals surface area contributed by atoms with Crippen LogP contribution in [0.4, 0.5) is 11.9 Å². The van der Waals surface area contributed by atoms with Gasteiger partial charge in [0.15, 0.2) is 0 Å². The monoisotopic (exact) mass is 844 g/mol. The van der Waals surface area contributed by atoms with E-state index in [0.29, 0.717) is 11.9 Å². The molecule has 5 aromatic rings. The van der Waals surface area contributed by atoms with Crippen molar-refractivity contribution >= 4 is 36.7 Å². The average Bonchev–Trinajstić information content (AvgIpc) is 3.23. The predicted molar refractivity (Wildman–Crippen MR) is 239 cm³/mol. The SMILES string of the molecule is COc1ccc(-c2cnc(N(N)C3CCN(c4ncc(-c5ccc(OC)cc5)cn4)C(C4CCN(Cc5cc(OC(C)C)cc(OC(C)C)c5)CC4)C3)nc2)cc1.Cl.Cl. The molecule has 3 aromatic carbocycles. The van der Waals surface area contributed by atoms with Crippen molar-refractivity contribution in [1.82, 2.24) is 24.8 Å². The normalized spacial score (nSPS) is 17.2. The number of anilines is 2. The van der Waals surface area contributed by atoms with Crippen LogP contribution in [0.15, 0.2) is 91.5 Å². The van der Waals surface area contributed by atoms with E-state index in [1.807, 2.05) is 79.4 Å². The Balaban J connectivity index is 0.00000331. The number of hydrazine groups is 1. The summed E-state index contributed by atoms with van der Waals surface area (Å²) in [6.45, 7) is 11.8. The molecule has 2 aromatic heterocycles. The molecule has 2 fully saturated rings. The van der Waals surface area contributed by atoms with Gasteiger partial charge in [0, 0.05) is 61.1 Å². The van der Waals surface area contributed by atoms with Gasteiger partial charge in [-0.2, -0.15) is 0 Å². The first kappa shape index (κ1) is 45.2. The molecule has 0 saturated carbocycles. The van der Waals surface area contributed by atoms with E-state index in [4.69, 9.17) is 44.7 Å². The van der Waals surface area contributed by atoms with Gasteiger partial charge in [-0.25, -0.2) is 25.8 Å². The molecule has 0 bridgehead atoms. The fourth-order valence-electron chi connectivity index (χ4n) is 8.03. The molecule has 0 radical (unpaired) electrons. The Kier molecular flexibility index (Phi) is 16.0. The number of hydrogen-bond donors (Lipinski definition) is 1. The number of rotatable bonds is 14. The summed E-state index contributed by atoms with van der Waals surface area (Å²) in [5.41, 5.74) is 5.15. The molecule has 59 heavy (non-hydrogen) atoms. The molecule has 2 N–H and O–H groups in total. The van der Waals surface area contributed by atoms with E-state index in [0.717, 1.165) is 103 Å². The molecular formula is C45H58Cl2N8O4. The Hall–Kier alpha value is -4.88. The van der Waals surface area contributed by atoms with Crippen molar-refractivity contribution in [2.45, 2.75) is 84.2 Å². The Labute approximate surface area is 361 Å². The molecule has 0 spiro atoms. The number of aromatic nitrogens is 4. The lowest BCUT2D eigenvalue weighted by molar-refractivity contribution is 0.147. The zero-order valence-electron chi connectivity index (χ0n) is 34.9. The molecule has 2 unspecified atom stereocenters. The van der Waals surface area contributed by atoms with E-state index in [2.05, 4.69) is 49.6 Å². The number of piperidine rings is 2. The molecule has 7 rings (SSSR count). The largest absolute Gasteiger partial charge is 0.497 e. The molecule has 2 atom stereocenters. The van der Waals surface area contributed by atoms with Crippen LogP contribution in [-0.4, -0.2) is 83.0 Å². The molecule has 14 heteroatoms. The van der Waals surface area contributed by atoms with Gasteiger partial charge in [0.25, 0.3) is 0 Å². The Morgan fingerprint density at radius 3 is 1.61 bits per heavy atom. The standard InChI is InChI=1S/C45H56N8O4.2ClH/c1-30(2)56-41-21-32(22-42(24-41)57-31(3)4)29-51-18-15-35(16-19-51)43-23-38(53(46)45-49-27-37(28-50-45)34-9-13-40(55-6)14-10-34)17-20-52(43)44-47-25-36(26-48-44)33-7-11-39(54-5)12-8-33;;/h7-14,21-22,24-28,30-31,35,38,43H,15-20,23,29,46H2,1-6H3;2*1H. The van der Waals surface area contributed by atoms with E-state index < -0.39 is 0 Å². The third-order valence-electron chi connectivity index (χ3n) is 10.9. The average molecular weight is 846 g/mol. The molecule has 2 aliphatic rings. The van der Waals surface area contributed by atoms with Crippen LogP contribution in [0.5, 0.6) is 23.0 Å². The zero-order valence-corrected chi connectivity index (χ0v) is 36.5. The highest BCUT2D eigenvalue weighted by Crippen LogP contribution is 2.36. The van der Waals surface area contributed by atoms with E-state index in [9.17, 15) is 0 Å². The Morgan fingerprint density at radius 2 is 1.14 bits per heavy atom. The van der Waals surface area contributed by atoms with Crippen molar-refractivity contribution in [2.75, 3.05) is 43.8 Å². The molecule has 0 aliphatic carbocycles. The van der Waals surface area contributed by atoms with Crippen LogP contribution in [-0.2, 0) is 6.54 Å². The van der Waals surface area contributed by atoms with Gasteiger partial charge >= 0.3 is 0 Å². The van der Waals surface area contributed by atoms with Crippen molar-refractivity contribution in [1.29, 1.82) is 0 Å². The van der Waals surface area contributed by atoms with Gasteiger partial charge in [-0.1, -0.05) is 24.3 Å². The van der Waals surface area contributed by atoms with E-state index >= 15 is 0 Å². The summed E-state index contributed by atoms with van der Waals surface area (Å²) >= 11 is 0. The Morgan fingerprint density at radius 1 is 0.644 bits per heavy atom. The number of hydrogen-bond acceptors (Lipinski definition) is 12. The molecule has 12 nitrogen and oxygen atoms in total. The van der Waals surface area contributed by atoms with Gasteiger partial charge in [-0.15, -0.1) is 24.8 Å². The van der Waals surface area contributed by atoms with Crippen LogP contribution in [0.3, 0.4) is 0 Å². The zero-order chi connectivity index (χ0) is 39.9. The minimum absolute atomic E-state index is 0. The summed E-state index contributed by atoms with van der Waals surface area (Å²) in [6, 6.07) is 22.4. The lowest BCUT2D eigenvalue weighted by Gasteiger charge is -2.47. The maximum atomic E-state index is 6.87. The van der Waals surface area contributed by atoms with Crippen molar-refractivity contribution in [3.05, 3.63) is 97.1 Å². The summed E-state index contributed by atoms with van der Waals surface area (Å²) in [7, 11) is 3.34. The van der Waals surface area contributed by atoms with E-state index in [1.165, 1.54) is 5.56 Å². The number of likely N-dealkylation sites (tertiary alicyclic amines) is 1. The first-order chi connectivity index (χ1) is 27.6. The number of benzene rings is 3. The summed E-state index contributed by atoms with van der Waals surface area (Å²) in [6.07, 6.45) is 11.5. The molecule has 0 amide bonds. The van der Waals surface area contributed by atoms with Crippen molar-refractivity contribution in [3.63, 3.8) is 0 Å². The minimum Gasteiger partial charge on any atom is -0.497 e. The number of nitrogens with zero attached hydrogens (tertiary/aromatic N) is 7. The number of halogens is 2. The summed E-state index contributed by atoms with van der Waals surface area (Å²) < 4.78 is 22.9. The van der Waals surface area contributed by atoms with Gasteiger partial charge in [0.05, 0.1) is 32.5 Å². The van der Waals surface area contributed by atoms with Crippen LogP contribution in [0.25, 0.3) is 22.3 Å². The van der Waals surface area contributed by atoms with Gasteiger partial charge in [0.1, 0.15) is 23.0 Å². The quantitative estimate of drug-likeness (QED) is 0.0850. The van der Waals surface area contributed by atoms with Crippen LogP contribution in [0.2, 0.25) is 0 Å². The van der Waals surface area contributed by atoms with Crippen LogP contribution < -0.4 is 34.7 Å². The maximum absolute atomic E-state index is 6.87. The lowest BCUT2D eigenvalue weighted by atomic mass is 9.82. The number of nitrogens with two attached hydrogens (primary N) is 1. The molecule has 2 aliphatic heterocycles. The first-order valence-corrected chi connectivity index (χ1v) is 20.1. The van der Waals surface area contributed by atoms with Crippen molar-refractivity contribution < 1.29 is 18.9 Å². The fourth-order valence-corrected chi connectivity index (χ4v) is 8.03. The number of ether oxygens (including phenoxy) is 4. The molecule has 316 valence electrons. The molecule has 2 saturated heterocycles.